The van der Waals surface area contributed by atoms with Crippen molar-refractivity contribution >= 4 is 44.1 Å². The summed E-state index contributed by atoms with van der Waals surface area (Å²) in [5.74, 6) is -0.936. The molecule has 1 N–H and O–H groups in total. The Hall–Kier alpha value is -0.880. The number of nitrogens with one attached hydrogen (secondary N) is 1. The summed E-state index contributed by atoms with van der Waals surface area (Å²) in [5.41, 5.74) is -1.19. The summed E-state index contributed by atoms with van der Waals surface area (Å²) in [5, 5.41) is 3.36. The first-order valence-electron chi connectivity index (χ1n) is 4.53. The zero-order valence-corrected chi connectivity index (χ0v) is 11.6. The summed E-state index contributed by atoms with van der Waals surface area (Å²) in [7, 11) is 1.26. The Morgan fingerprint density at radius 1 is 1.44 bits per heavy atom. The van der Waals surface area contributed by atoms with E-state index in [-0.39, 0.29) is 5.91 Å². The van der Waals surface area contributed by atoms with Gasteiger partial charge in [-0.3, -0.25) is 9.59 Å². The molecule has 88 valence electrons. The molecule has 1 heterocycles. The monoisotopic (exact) mass is 305 g/mol. The fraction of sp³-hybridized carbons (Fsp3) is 0.400. The predicted octanol–water partition coefficient (Wildman–Crippen LogP) is 2.65. The van der Waals surface area contributed by atoms with Gasteiger partial charge in [-0.05, 0) is 41.9 Å². The zero-order chi connectivity index (χ0) is 12.3. The van der Waals surface area contributed by atoms with E-state index < -0.39 is 11.4 Å². The lowest BCUT2D eigenvalue weighted by atomic mass is 9.92. The molecule has 0 aliphatic heterocycles. The number of halogens is 1. The molecule has 1 aromatic rings. The van der Waals surface area contributed by atoms with E-state index in [1.807, 2.05) is 6.07 Å². The third-order valence-electron chi connectivity index (χ3n) is 2.07. The van der Waals surface area contributed by atoms with E-state index >= 15 is 0 Å². The summed E-state index contributed by atoms with van der Waals surface area (Å²) in [6.07, 6.45) is 0. The number of rotatable bonds is 3. The van der Waals surface area contributed by atoms with Crippen LogP contribution >= 0.6 is 27.3 Å². The van der Waals surface area contributed by atoms with E-state index in [2.05, 4.69) is 26.0 Å². The zero-order valence-electron chi connectivity index (χ0n) is 9.17. The first kappa shape index (κ1) is 13.2. The molecule has 0 bridgehead atoms. The molecule has 0 saturated heterocycles. The van der Waals surface area contributed by atoms with E-state index in [9.17, 15) is 9.59 Å². The molecule has 6 heteroatoms. The van der Waals surface area contributed by atoms with Gasteiger partial charge in [0.2, 0.25) is 5.91 Å². The Morgan fingerprint density at radius 2 is 2.06 bits per heavy atom. The highest BCUT2D eigenvalue weighted by Gasteiger charge is 2.37. The van der Waals surface area contributed by atoms with Crippen LogP contribution in [0.2, 0.25) is 0 Å². The van der Waals surface area contributed by atoms with E-state index in [0.29, 0.717) is 5.00 Å². The van der Waals surface area contributed by atoms with Gasteiger partial charge in [0.25, 0.3) is 0 Å². The number of carbonyl (C=O) groups excluding carboxylic acids is 2. The second kappa shape index (κ2) is 4.97. The van der Waals surface area contributed by atoms with Gasteiger partial charge in [0.05, 0.1) is 15.9 Å². The minimum absolute atomic E-state index is 0.381. The van der Waals surface area contributed by atoms with Crippen molar-refractivity contribution in [3.63, 3.8) is 0 Å². The number of ether oxygens (including phenoxy) is 1. The van der Waals surface area contributed by atoms with Crippen molar-refractivity contribution in [1.29, 1.82) is 0 Å². The molecule has 0 atom stereocenters. The summed E-state index contributed by atoms with van der Waals surface area (Å²) in [4.78, 5) is 23.2. The molecule has 0 saturated carbocycles. The van der Waals surface area contributed by atoms with Crippen LogP contribution in [0.1, 0.15) is 13.8 Å². The number of amides is 1. The van der Waals surface area contributed by atoms with Gasteiger partial charge in [0.1, 0.15) is 5.41 Å². The van der Waals surface area contributed by atoms with Gasteiger partial charge in [-0.1, -0.05) is 0 Å². The highest BCUT2D eigenvalue weighted by molar-refractivity contribution is 9.11. The summed E-state index contributed by atoms with van der Waals surface area (Å²) < 4.78 is 5.49. The SMILES string of the molecule is COC(=O)C(C)(C)C(=O)Nc1ccc(Br)s1. The van der Waals surface area contributed by atoms with Crippen LogP contribution in [0.5, 0.6) is 0 Å². The molecule has 0 unspecified atom stereocenters. The van der Waals surface area contributed by atoms with Crippen LogP contribution in [0.15, 0.2) is 15.9 Å². The van der Waals surface area contributed by atoms with Crippen molar-refractivity contribution in [3.8, 4) is 0 Å². The average molecular weight is 306 g/mol. The van der Waals surface area contributed by atoms with Crippen molar-refractivity contribution < 1.29 is 14.3 Å². The number of hydrogen-bond acceptors (Lipinski definition) is 4. The molecular weight excluding hydrogens is 294 g/mol. The van der Waals surface area contributed by atoms with E-state index in [1.165, 1.54) is 32.3 Å². The first-order valence-corrected chi connectivity index (χ1v) is 6.14. The van der Waals surface area contributed by atoms with E-state index in [0.717, 1.165) is 3.79 Å². The number of esters is 1. The van der Waals surface area contributed by atoms with Crippen molar-refractivity contribution in [1.82, 2.24) is 0 Å². The van der Waals surface area contributed by atoms with Crippen LogP contribution in [0.3, 0.4) is 0 Å². The molecular formula is C10H12BrNO3S. The number of carbonyl (C=O) groups is 2. The smallest absolute Gasteiger partial charge is 0.320 e. The fourth-order valence-corrected chi connectivity index (χ4v) is 2.28. The molecule has 0 fully saturated rings. The molecule has 0 spiro atoms. The van der Waals surface area contributed by atoms with Gasteiger partial charge in [-0.25, -0.2) is 0 Å². The minimum Gasteiger partial charge on any atom is -0.468 e. The van der Waals surface area contributed by atoms with Gasteiger partial charge in [0, 0.05) is 0 Å². The summed E-state index contributed by atoms with van der Waals surface area (Å²) in [6.45, 7) is 3.05. The van der Waals surface area contributed by atoms with Gasteiger partial charge in [0.15, 0.2) is 0 Å². The normalized spacial score (nSPS) is 11.0. The van der Waals surface area contributed by atoms with Crippen LogP contribution in [0.4, 0.5) is 5.00 Å². The third-order valence-corrected chi connectivity index (χ3v) is 3.61. The first-order chi connectivity index (χ1) is 7.37. The maximum atomic E-state index is 11.8. The van der Waals surface area contributed by atoms with Crippen LogP contribution in [0.25, 0.3) is 0 Å². The van der Waals surface area contributed by atoms with Crippen molar-refractivity contribution in [3.05, 3.63) is 15.9 Å². The Morgan fingerprint density at radius 3 is 2.50 bits per heavy atom. The second-order valence-corrected chi connectivity index (χ2v) is 6.14. The highest BCUT2D eigenvalue weighted by atomic mass is 79.9. The molecule has 1 aromatic heterocycles. The average Bonchev–Trinajstić information content (AvgIpc) is 2.62. The lowest BCUT2D eigenvalue weighted by Gasteiger charge is -2.19. The van der Waals surface area contributed by atoms with Gasteiger partial charge < -0.3 is 10.1 Å². The van der Waals surface area contributed by atoms with E-state index in [4.69, 9.17) is 0 Å². The lowest BCUT2D eigenvalue weighted by molar-refractivity contribution is -0.154. The molecule has 0 aromatic carbocycles. The summed E-state index contributed by atoms with van der Waals surface area (Å²) in [6, 6.07) is 3.59. The van der Waals surface area contributed by atoms with Crippen molar-refractivity contribution in [2.24, 2.45) is 5.41 Å². The van der Waals surface area contributed by atoms with Crippen LogP contribution < -0.4 is 5.32 Å². The molecule has 0 aliphatic rings. The maximum Gasteiger partial charge on any atom is 0.320 e. The quantitative estimate of drug-likeness (QED) is 0.690. The predicted molar refractivity (Wildman–Crippen MR) is 66.4 cm³/mol. The molecule has 1 rings (SSSR count). The second-order valence-electron chi connectivity index (χ2n) is 3.67. The van der Waals surface area contributed by atoms with Gasteiger partial charge in [-0.15, -0.1) is 11.3 Å². The molecule has 1 amide bonds. The number of hydrogen-bond donors (Lipinski definition) is 1. The Bertz CT molecular complexity index is 414. The minimum atomic E-state index is -1.19. The molecule has 0 radical (unpaired) electrons. The number of anilines is 1. The molecule has 0 aliphatic carbocycles. The lowest BCUT2D eigenvalue weighted by Crippen LogP contribution is -2.38. The topological polar surface area (TPSA) is 55.4 Å². The molecule has 4 nitrogen and oxygen atoms in total. The Kier molecular flexibility index (Phi) is 4.09. The highest BCUT2D eigenvalue weighted by Crippen LogP contribution is 2.28. The number of methoxy groups -OCH3 is 1. The maximum absolute atomic E-state index is 11.8. The van der Waals surface area contributed by atoms with Gasteiger partial charge in [-0.2, -0.15) is 0 Å². The summed E-state index contributed by atoms with van der Waals surface area (Å²) >= 11 is 4.67. The molecule has 16 heavy (non-hydrogen) atoms. The van der Waals surface area contributed by atoms with Gasteiger partial charge >= 0.3 is 5.97 Å². The van der Waals surface area contributed by atoms with Crippen molar-refractivity contribution in [2.75, 3.05) is 12.4 Å². The standard InChI is InChI=1S/C10H12BrNO3S/c1-10(2,9(14)15-3)8(13)12-7-5-4-6(11)16-7/h4-5H,1-3H3,(H,12,13). The third kappa shape index (κ3) is 2.82. The fourth-order valence-electron chi connectivity index (χ4n) is 0.997. The van der Waals surface area contributed by atoms with Crippen molar-refractivity contribution in [2.45, 2.75) is 13.8 Å². The van der Waals surface area contributed by atoms with Crippen LogP contribution in [0, 0.1) is 5.41 Å². The Balaban J connectivity index is 2.75. The van der Waals surface area contributed by atoms with Crippen LogP contribution in [-0.4, -0.2) is 19.0 Å². The largest absolute Gasteiger partial charge is 0.468 e. The van der Waals surface area contributed by atoms with E-state index in [1.54, 1.807) is 6.07 Å². The van der Waals surface area contributed by atoms with Crippen LogP contribution in [-0.2, 0) is 14.3 Å². The Labute approximate surface area is 106 Å². The number of thiophene rings is 1.